The predicted molar refractivity (Wildman–Crippen MR) is 90.0 cm³/mol. The molecule has 1 aromatic heterocycles. The van der Waals surface area contributed by atoms with Gasteiger partial charge in [0.15, 0.2) is 11.9 Å². The Kier molecular flexibility index (Phi) is 5.03. The van der Waals surface area contributed by atoms with Gasteiger partial charge in [-0.1, -0.05) is 60.7 Å². The average molecular weight is 322 g/mol. The molecule has 3 aromatic rings. The summed E-state index contributed by atoms with van der Waals surface area (Å²) in [6, 6.07) is 19.0. The molecular formula is C19H18N2O3. The summed E-state index contributed by atoms with van der Waals surface area (Å²) in [6.45, 7) is 0.207. The first-order valence-electron chi connectivity index (χ1n) is 7.63. The number of nitrogens with zero attached hydrogens (tertiary/aromatic N) is 1. The second kappa shape index (κ2) is 7.57. The highest BCUT2D eigenvalue weighted by molar-refractivity contribution is 5.82. The molecule has 0 aliphatic carbocycles. The lowest BCUT2D eigenvalue weighted by molar-refractivity contribution is -0.131. The molecule has 3 rings (SSSR count). The fourth-order valence-electron chi connectivity index (χ4n) is 2.41. The zero-order valence-corrected chi connectivity index (χ0v) is 13.3. The predicted octanol–water partition coefficient (Wildman–Crippen LogP) is 3.35. The first-order chi connectivity index (χ1) is 11.8. The van der Waals surface area contributed by atoms with E-state index >= 15 is 0 Å². The Labute approximate surface area is 140 Å². The molecule has 0 radical (unpaired) electrons. The van der Waals surface area contributed by atoms with Gasteiger partial charge in [0.25, 0.3) is 5.91 Å². The Hall–Kier alpha value is -2.92. The van der Waals surface area contributed by atoms with Gasteiger partial charge in [-0.15, -0.1) is 0 Å². The fourth-order valence-corrected chi connectivity index (χ4v) is 2.41. The molecule has 24 heavy (non-hydrogen) atoms. The van der Waals surface area contributed by atoms with E-state index in [0.29, 0.717) is 11.7 Å². The van der Waals surface area contributed by atoms with Crippen molar-refractivity contribution in [3.8, 4) is 11.3 Å². The van der Waals surface area contributed by atoms with E-state index in [0.717, 1.165) is 11.1 Å². The molecule has 5 nitrogen and oxygen atoms in total. The van der Waals surface area contributed by atoms with E-state index in [1.807, 2.05) is 60.7 Å². The normalized spacial score (nSPS) is 11.9. The van der Waals surface area contributed by atoms with Gasteiger partial charge >= 0.3 is 0 Å². The van der Waals surface area contributed by atoms with E-state index in [9.17, 15) is 4.79 Å². The van der Waals surface area contributed by atoms with Crippen LogP contribution in [0.1, 0.15) is 17.6 Å². The van der Waals surface area contributed by atoms with Crippen molar-refractivity contribution in [2.24, 2.45) is 0 Å². The molecule has 0 aliphatic rings. The number of benzene rings is 2. The molecule has 122 valence electrons. The summed E-state index contributed by atoms with van der Waals surface area (Å²) in [5, 5.41) is 2.79. The quantitative estimate of drug-likeness (QED) is 0.756. The maximum absolute atomic E-state index is 12.3. The minimum absolute atomic E-state index is 0.207. The summed E-state index contributed by atoms with van der Waals surface area (Å²) >= 11 is 0. The summed E-state index contributed by atoms with van der Waals surface area (Å²) in [7, 11) is 1.51. The SMILES string of the molecule is CO[C@@H](C(=O)NCc1ncc(-c2ccccc2)o1)c1ccccc1. The van der Waals surface area contributed by atoms with Crippen LogP contribution < -0.4 is 5.32 Å². The number of nitrogens with one attached hydrogen (secondary N) is 1. The highest BCUT2D eigenvalue weighted by Gasteiger charge is 2.20. The number of hydrogen-bond acceptors (Lipinski definition) is 4. The average Bonchev–Trinajstić information content (AvgIpc) is 3.11. The Balaban J connectivity index is 1.63. The van der Waals surface area contributed by atoms with Crippen molar-refractivity contribution in [2.75, 3.05) is 7.11 Å². The third-order valence-electron chi connectivity index (χ3n) is 3.60. The van der Waals surface area contributed by atoms with E-state index in [1.54, 1.807) is 6.20 Å². The molecule has 2 aromatic carbocycles. The van der Waals surface area contributed by atoms with Crippen LogP contribution in [-0.4, -0.2) is 18.0 Å². The van der Waals surface area contributed by atoms with Gasteiger partial charge in [0.05, 0.1) is 12.7 Å². The molecule has 0 spiro atoms. The van der Waals surface area contributed by atoms with E-state index in [4.69, 9.17) is 9.15 Å². The van der Waals surface area contributed by atoms with Crippen molar-refractivity contribution >= 4 is 5.91 Å². The van der Waals surface area contributed by atoms with E-state index in [-0.39, 0.29) is 12.5 Å². The molecule has 0 aliphatic heterocycles. The maximum atomic E-state index is 12.3. The van der Waals surface area contributed by atoms with E-state index in [2.05, 4.69) is 10.3 Å². The van der Waals surface area contributed by atoms with Crippen molar-refractivity contribution in [1.82, 2.24) is 10.3 Å². The standard InChI is InChI=1S/C19H18N2O3/c1-23-18(15-10-6-3-7-11-15)19(22)21-13-17-20-12-16(24-17)14-8-4-2-5-9-14/h2-12,18H,13H2,1H3,(H,21,22)/t18-/m1/s1. The minimum Gasteiger partial charge on any atom is -0.439 e. The first kappa shape index (κ1) is 16.0. The molecule has 1 amide bonds. The van der Waals surface area contributed by atoms with Gasteiger partial charge in [0.1, 0.15) is 0 Å². The summed E-state index contributed by atoms with van der Waals surface area (Å²) in [5.41, 5.74) is 1.75. The van der Waals surface area contributed by atoms with Gasteiger partial charge in [-0.3, -0.25) is 4.79 Å². The summed E-state index contributed by atoms with van der Waals surface area (Å²) < 4.78 is 11.0. The van der Waals surface area contributed by atoms with Crippen LogP contribution in [0.3, 0.4) is 0 Å². The molecular weight excluding hydrogens is 304 g/mol. The Morgan fingerprint density at radius 1 is 1.12 bits per heavy atom. The number of aromatic nitrogens is 1. The van der Waals surface area contributed by atoms with Gasteiger partial charge in [0.2, 0.25) is 5.89 Å². The first-order valence-corrected chi connectivity index (χ1v) is 7.63. The van der Waals surface area contributed by atoms with Gasteiger partial charge in [-0.05, 0) is 5.56 Å². The molecule has 1 heterocycles. The number of rotatable bonds is 6. The maximum Gasteiger partial charge on any atom is 0.254 e. The number of hydrogen-bond donors (Lipinski definition) is 1. The van der Waals surface area contributed by atoms with Gasteiger partial charge in [-0.25, -0.2) is 4.98 Å². The second-order valence-corrected chi connectivity index (χ2v) is 5.23. The molecule has 0 fully saturated rings. The van der Waals surface area contributed by atoms with E-state index < -0.39 is 6.10 Å². The Morgan fingerprint density at radius 2 is 1.79 bits per heavy atom. The van der Waals surface area contributed by atoms with Crippen LogP contribution in [0.2, 0.25) is 0 Å². The zero-order chi connectivity index (χ0) is 16.8. The second-order valence-electron chi connectivity index (χ2n) is 5.23. The van der Waals surface area contributed by atoms with Crippen LogP contribution in [0.5, 0.6) is 0 Å². The molecule has 0 saturated carbocycles. The van der Waals surface area contributed by atoms with Crippen LogP contribution in [0.25, 0.3) is 11.3 Å². The van der Waals surface area contributed by atoms with Crippen LogP contribution in [0, 0.1) is 0 Å². The summed E-state index contributed by atoms with van der Waals surface area (Å²) in [5.74, 6) is 0.888. The van der Waals surface area contributed by atoms with Crippen molar-refractivity contribution < 1.29 is 13.9 Å². The fraction of sp³-hybridized carbons (Fsp3) is 0.158. The van der Waals surface area contributed by atoms with Gasteiger partial charge in [-0.2, -0.15) is 0 Å². The number of oxazole rings is 1. The van der Waals surface area contributed by atoms with Crippen molar-refractivity contribution in [1.29, 1.82) is 0 Å². The smallest absolute Gasteiger partial charge is 0.254 e. The molecule has 0 unspecified atom stereocenters. The van der Waals surface area contributed by atoms with Gasteiger partial charge < -0.3 is 14.5 Å². The lowest BCUT2D eigenvalue weighted by Crippen LogP contribution is -2.30. The zero-order valence-electron chi connectivity index (χ0n) is 13.3. The molecule has 0 saturated heterocycles. The lowest BCUT2D eigenvalue weighted by atomic mass is 10.1. The highest BCUT2D eigenvalue weighted by Crippen LogP contribution is 2.20. The Bertz CT molecular complexity index is 785. The molecule has 1 N–H and O–H groups in total. The van der Waals surface area contributed by atoms with Crippen LogP contribution >= 0.6 is 0 Å². The number of carbonyl (C=O) groups is 1. The molecule has 0 bridgehead atoms. The number of methoxy groups -OCH3 is 1. The van der Waals surface area contributed by atoms with Crippen LogP contribution in [0.15, 0.2) is 71.3 Å². The third-order valence-corrected chi connectivity index (χ3v) is 3.60. The topological polar surface area (TPSA) is 64.4 Å². The highest BCUT2D eigenvalue weighted by atomic mass is 16.5. The number of ether oxygens (including phenoxy) is 1. The van der Waals surface area contributed by atoms with Crippen LogP contribution in [-0.2, 0) is 16.1 Å². The van der Waals surface area contributed by atoms with E-state index in [1.165, 1.54) is 7.11 Å². The monoisotopic (exact) mass is 322 g/mol. The third kappa shape index (κ3) is 3.70. The number of carbonyl (C=O) groups excluding carboxylic acids is 1. The number of amides is 1. The molecule has 1 atom stereocenters. The summed E-state index contributed by atoms with van der Waals surface area (Å²) in [4.78, 5) is 16.5. The van der Waals surface area contributed by atoms with Crippen molar-refractivity contribution in [3.63, 3.8) is 0 Å². The van der Waals surface area contributed by atoms with Crippen molar-refractivity contribution in [2.45, 2.75) is 12.6 Å². The molecule has 5 heteroatoms. The van der Waals surface area contributed by atoms with Gasteiger partial charge in [0, 0.05) is 12.7 Å². The minimum atomic E-state index is -0.658. The van der Waals surface area contributed by atoms with Crippen molar-refractivity contribution in [3.05, 3.63) is 78.3 Å². The lowest BCUT2D eigenvalue weighted by Gasteiger charge is -2.14. The van der Waals surface area contributed by atoms with Crippen LogP contribution in [0.4, 0.5) is 0 Å². The largest absolute Gasteiger partial charge is 0.439 e. The Morgan fingerprint density at radius 3 is 2.46 bits per heavy atom. The summed E-state index contributed by atoms with van der Waals surface area (Å²) in [6.07, 6.45) is 0.997.